The van der Waals surface area contributed by atoms with Gasteiger partial charge < -0.3 is 0 Å². The number of hydrogen-bond acceptors (Lipinski definition) is 1. The smallest absolute Gasteiger partial charge is 0.156 e. The first-order valence-corrected chi connectivity index (χ1v) is 5.72. The number of ketones is 1. The molecule has 1 aromatic rings. The van der Waals surface area contributed by atoms with Gasteiger partial charge in [0.25, 0.3) is 0 Å². The van der Waals surface area contributed by atoms with Crippen LogP contribution in [0, 0.1) is 12.8 Å². The van der Waals surface area contributed by atoms with Crippen molar-refractivity contribution < 1.29 is 4.79 Å². The van der Waals surface area contributed by atoms with Crippen LogP contribution in [0.1, 0.15) is 38.8 Å². The lowest BCUT2D eigenvalue weighted by Gasteiger charge is -2.13. The molecule has 86 valence electrons. The lowest BCUT2D eigenvalue weighted by atomic mass is 9.90. The highest BCUT2D eigenvalue weighted by atomic mass is 16.1. The van der Waals surface area contributed by atoms with Crippen LogP contribution in [0.3, 0.4) is 0 Å². The molecule has 0 N–H and O–H groups in total. The van der Waals surface area contributed by atoms with E-state index < -0.39 is 0 Å². The van der Waals surface area contributed by atoms with Crippen molar-refractivity contribution in [2.75, 3.05) is 0 Å². The molecule has 0 bridgehead atoms. The van der Waals surface area contributed by atoms with Crippen LogP contribution in [0.2, 0.25) is 0 Å². The maximum atomic E-state index is 11.6. The van der Waals surface area contributed by atoms with Crippen LogP contribution < -0.4 is 0 Å². The second-order valence-corrected chi connectivity index (χ2v) is 4.62. The zero-order valence-corrected chi connectivity index (χ0v) is 10.8. The molecule has 0 saturated carbocycles. The summed E-state index contributed by atoms with van der Waals surface area (Å²) >= 11 is 0. The van der Waals surface area contributed by atoms with E-state index in [-0.39, 0.29) is 11.7 Å². The monoisotopic (exact) mass is 216 g/mol. The molecular formula is C15H20O. The molecule has 0 saturated heterocycles. The van der Waals surface area contributed by atoms with Gasteiger partial charge in [-0.3, -0.25) is 4.79 Å². The van der Waals surface area contributed by atoms with Crippen molar-refractivity contribution in [3.05, 3.63) is 41.0 Å². The van der Waals surface area contributed by atoms with E-state index in [0.717, 1.165) is 16.7 Å². The minimum Gasteiger partial charge on any atom is -0.295 e. The van der Waals surface area contributed by atoms with E-state index in [4.69, 9.17) is 0 Å². The maximum absolute atomic E-state index is 11.6. The van der Waals surface area contributed by atoms with Gasteiger partial charge in [0.1, 0.15) is 0 Å². The number of Topliss-reactive ketones (excluding diaryl/α,β-unsaturated/α-hetero) is 1. The normalized spacial score (nSPS) is 12.6. The Labute approximate surface area is 98.2 Å². The first-order chi connectivity index (χ1) is 7.43. The highest BCUT2D eigenvalue weighted by Gasteiger charge is 2.13. The molecule has 0 aliphatic heterocycles. The van der Waals surface area contributed by atoms with Crippen molar-refractivity contribution in [2.45, 2.75) is 34.6 Å². The third-order valence-corrected chi connectivity index (χ3v) is 2.81. The third-order valence-electron chi connectivity index (χ3n) is 2.81. The Balaban J connectivity index is 3.29. The van der Waals surface area contributed by atoms with Gasteiger partial charge in [0.2, 0.25) is 0 Å². The topological polar surface area (TPSA) is 17.1 Å². The van der Waals surface area contributed by atoms with Crippen LogP contribution >= 0.6 is 0 Å². The molecule has 0 heterocycles. The predicted molar refractivity (Wildman–Crippen MR) is 69.3 cm³/mol. The van der Waals surface area contributed by atoms with Gasteiger partial charge in [0, 0.05) is 5.57 Å². The van der Waals surface area contributed by atoms with E-state index in [0.29, 0.717) is 0 Å². The molecule has 0 unspecified atom stereocenters. The molecule has 0 aliphatic carbocycles. The van der Waals surface area contributed by atoms with E-state index in [9.17, 15) is 4.79 Å². The van der Waals surface area contributed by atoms with Gasteiger partial charge >= 0.3 is 0 Å². The van der Waals surface area contributed by atoms with Crippen molar-refractivity contribution >= 4 is 11.4 Å². The number of hydrogen-bond donors (Lipinski definition) is 0. The maximum Gasteiger partial charge on any atom is 0.156 e. The van der Waals surface area contributed by atoms with Crippen LogP contribution in [-0.4, -0.2) is 5.78 Å². The summed E-state index contributed by atoms with van der Waals surface area (Å²) in [6.45, 7) is 9.88. The highest BCUT2D eigenvalue weighted by Crippen LogP contribution is 2.24. The second-order valence-electron chi connectivity index (χ2n) is 4.62. The van der Waals surface area contributed by atoms with Crippen LogP contribution in [0.5, 0.6) is 0 Å². The Morgan fingerprint density at radius 2 is 1.81 bits per heavy atom. The average Bonchev–Trinajstić information content (AvgIpc) is 2.16. The van der Waals surface area contributed by atoms with E-state index in [1.807, 2.05) is 13.0 Å². The largest absolute Gasteiger partial charge is 0.295 e. The molecule has 1 nitrogen and oxygen atoms in total. The van der Waals surface area contributed by atoms with Crippen molar-refractivity contribution in [1.29, 1.82) is 0 Å². The van der Waals surface area contributed by atoms with Gasteiger partial charge in [-0.1, -0.05) is 43.7 Å². The molecule has 1 rings (SSSR count). The zero-order valence-electron chi connectivity index (χ0n) is 10.8. The summed E-state index contributed by atoms with van der Waals surface area (Å²) in [4.78, 5) is 11.6. The Hall–Kier alpha value is -1.37. The van der Waals surface area contributed by atoms with Crippen LogP contribution in [0.4, 0.5) is 0 Å². The van der Waals surface area contributed by atoms with Crippen LogP contribution in [-0.2, 0) is 4.79 Å². The SMILES string of the molecule is CC(=O)C(=C(C)c1cccc(C)c1)C(C)C. The van der Waals surface area contributed by atoms with Crippen molar-refractivity contribution in [2.24, 2.45) is 5.92 Å². The quantitative estimate of drug-likeness (QED) is 0.698. The summed E-state index contributed by atoms with van der Waals surface area (Å²) in [6.07, 6.45) is 0. The van der Waals surface area contributed by atoms with Crippen molar-refractivity contribution in [3.8, 4) is 0 Å². The zero-order chi connectivity index (χ0) is 12.3. The first kappa shape index (κ1) is 12.7. The molecule has 1 aromatic carbocycles. The molecule has 0 fully saturated rings. The van der Waals surface area contributed by atoms with Crippen LogP contribution in [0.15, 0.2) is 29.8 Å². The number of rotatable bonds is 3. The number of benzene rings is 1. The lowest BCUT2D eigenvalue weighted by molar-refractivity contribution is -0.113. The highest BCUT2D eigenvalue weighted by molar-refractivity contribution is 6.01. The summed E-state index contributed by atoms with van der Waals surface area (Å²) in [5.41, 5.74) is 4.42. The molecular weight excluding hydrogens is 196 g/mol. The average molecular weight is 216 g/mol. The molecule has 0 radical (unpaired) electrons. The van der Waals surface area contributed by atoms with Gasteiger partial charge in [0.15, 0.2) is 5.78 Å². The summed E-state index contributed by atoms with van der Waals surface area (Å²) in [7, 11) is 0. The molecule has 1 heteroatoms. The van der Waals surface area contributed by atoms with Gasteiger partial charge in [-0.05, 0) is 37.8 Å². The Kier molecular flexibility index (Phi) is 4.05. The summed E-state index contributed by atoms with van der Waals surface area (Å²) in [6, 6.07) is 8.29. The van der Waals surface area contributed by atoms with Gasteiger partial charge in [-0.15, -0.1) is 0 Å². The number of allylic oxidation sites excluding steroid dienone is 2. The molecule has 0 amide bonds. The molecule has 0 aromatic heterocycles. The van der Waals surface area contributed by atoms with Crippen LogP contribution in [0.25, 0.3) is 5.57 Å². The standard InChI is InChI=1S/C15H20O/c1-10(2)15(13(5)16)12(4)14-8-6-7-11(3)9-14/h6-10H,1-5H3. The van der Waals surface area contributed by atoms with E-state index in [1.165, 1.54) is 5.56 Å². The minimum absolute atomic E-state index is 0.175. The molecule has 0 atom stereocenters. The molecule has 0 spiro atoms. The first-order valence-electron chi connectivity index (χ1n) is 5.72. The van der Waals surface area contributed by atoms with Crippen molar-refractivity contribution in [3.63, 3.8) is 0 Å². The number of aryl methyl sites for hydroxylation is 1. The Morgan fingerprint density at radius 3 is 2.25 bits per heavy atom. The molecule has 16 heavy (non-hydrogen) atoms. The second kappa shape index (κ2) is 5.11. The van der Waals surface area contributed by atoms with Gasteiger partial charge in [-0.25, -0.2) is 0 Å². The predicted octanol–water partition coefficient (Wildman–Crippen LogP) is 4.01. The lowest BCUT2D eigenvalue weighted by Crippen LogP contribution is -2.06. The Bertz CT molecular complexity index is 425. The third kappa shape index (κ3) is 2.82. The summed E-state index contributed by atoms with van der Waals surface area (Å²) in [5.74, 6) is 0.451. The fourth-order valence-corrected chi connectivity index (χ4v) is 2.14. The fraction of sp³-hybridized carbons (Fsp3) is 0.400. The summed E-state index contributed by atoms with van der Waals surface area (Å²) < 4.78 is 0. The fourth-order valence-electron chi connectivity index (χ4n) is 2.14. The molecule has 0 aliphatic rings. The van der Waals surface area contributed by atoms with Gasteiger partial charge in [-0.2, -0.15) is 0 Å². The minimum atomic E-state index is 0.175. The van der Waals surface area contributed by atoms with E-state index in [2.05, 4.69) is 39.0 Å². The Morgan fingerprint density at radius 1 is 1.19 bits per heavy atom. The van der Waals surface area contributed by atoms with E-state index >= 15 is 0 Å². The van der Waals surface area contributed by atoms with Gasteiger partial charge in [0.05, 0.1) is 0 Å². The number of carbonyl (C=O) groups excluding carboxylic acids is 1. The summed E-state index contributed by atoms with van der Waals surface area (Å²) in [5, 5.41) is 0. The van der Waals surface area contributed by atoms with E-state index in [1.54, 1.807) is 6.92 Å². The van der Waals surface area contributed by atoms with Crippen molar-refractivity contribution in [1.82, 2.24) is 0 Å². The number of carbonyl (C=O) groups is 1.